The molecule has 2 aromatic rings. The lowest BCUT2D eigenvalue weighted by Crippen LogP contribution is -2.23. The largest absolute Gasteiger partial charge is 0.493 e. The molecule has 0 saturated carbocycles. The highest BCUT2D eigenvalue weighted by Gasteiger charge is 2.29. The van der Waals surface area contributed by atoms with E-state index in [1.165, 1.54) is 0 Å². The van der Waals surface area contributed by atoms with Crippen molar-refractivity contribution in [1.82, 2.24) is 0 Å². The van der Waals surface area contributed by atoms with Gasteiger partial charge in [0.1, 0.15) is 0 Å². The zero-order valence-electron chi connectivity index (χ0n) is 12.5. The number of benzene rings is 2. The van der Waals surface area contributed by atoms with Crippen molar-refractivity contribution in [2.45, 2.75) is 13.2 Å². The van der Waals surface area contributed by atoms with Crippen molar-refractivity contribution in [1.29, 1.82) is 0 Å². The molecule has 0 fully saturated rings. The van der Waals surface area contributed by atoms with Crippen LogP contribution in [0.25, 0.3) is 0 Å². The molecule has 5 heteroatoms. The van der Waals surface area contributed by atoms with Crippen LogP contribution in [0.4, 0.5) is 5.69 Å². The van der Waals surface area contributed by atoms with Gasteiger partial charge in [0.25, 0.3) is 5.91 Å². The van der Waals surface area contributed by atoms with E-state index >= 15 is 0 Å². The van der Waals surface area contributed by atoms with Crippen LogP contribution in [-0.2, 0) is 13.2 Å². The molecule has 0 atom stereocenters. The minimum absolute atomic E-state index is 0.0717. The van der Waals surface area contributed by atoms with Crippen LogP contribution in [0.3, 0.4) is 0 Å². The fourth-order valence-electron chi connectivity index (χ4n) is 2.65. The van der Waals surface area contributed by atoms with Gasteiger partial charge in [-0.3, -0.25) is 4.79 Å². The maximum Gasteiger partial charge on any atom is 0.258 e. The molecule has 0 aromatic heterocycles. The molecule has 114 valence electrons. The van der Waals surface area contributed by atoms with E-state index in [-0.39, 0.29) is 12.5 Å². The van der Waals surface area contributed by atoms with E-state index in [0.29, 0.717) is 23.6 Å². The normalized spacial score (nSPS) is 13.2. The molecule has 1 aliphatic heterocycles. The Morgan fingerprint density at radius 3 is 2.55 bits per heavy atom. The molecular weight excluding hydrogens is 282 g/mol. The number of anilines is 1. The van der Waals surface area contributed by atoms with Gasteiger partial charge in [-0.15, -0.1) is 0 Å². The Balaban J connectivity index is 1.96. The first-order chi connectivity index (χ1) is 10.7. The molecule has 1 N–H and O–H groups in total. The summed E-state index contributed by atoms with van der Waals surface area (Å²) in [5.41, 5.74) is 3.09. The highest BCUT2D eigenvalue weighted by atomic mass is 16.5. The van der Waals surface area contributed by atoms with Crippen LogP contribution in [-0.4, -0.2) is 25.2 Å². The molecule has 0 unspecified atom stereocenters. The standard InChI is InChI=1S/C17H17NO4/c1-21-15-6-5-13(8-16(15)22-2)18-9-12-4-3-11(10-19)7-14(12)17(18)20/h3-8,19H,9-10H2,1-2H3. The van der Waals surface area contributed by atoms with Crippen LogP contribution < -0.4 is 14.4 Å². The third-order valence-electron chi connectivity index (χ3n) is 3.84. The van der Waals surface area contributed by atoms with E-state index < -0.39 is 0 Å². The number of amides is 1. The summed E-state index contributed by atoms with van der Waals surface area (Å²) in [7, 11) is 3.14. The lowest BCUT2D eigenvalue weighted by atomic mass is 10.1. The van der Waals surface area contributed by atoms with Gasteiger partial charge in [-0.05, 0) is 29.3 Å². The van der Waals surface area contributed by atoms with Crippen molar-refractivity contribution in [3.63, 3.8) is 0 Å². The number of nitrogens with zero attached hydrogens (tertiary/aromatic N) is 1. The molecular formula is C17H17NO4. The smallest absolute Gasteiger partial charge is 0.258 e. The maximum absolute atomic E-state index is 12.6. The molecule has 2 aromatic carbocycles. The molecule has 0 aliphatic carbocycles. The van der Waals surface area contributed by atoms with Crippen LogP contribution in [0, 0.1) is 0 Å². The van der Waals surface area contributed by atoms with Crippen molar-refractivity contribution in [2.75, 3.05) is 19.1 Å². The van der Waals surface area contributed by atoms with E-state index in [1.807, 2.05) is 18.2 Å². The van der Waals surface area contributed by atoms with E-state index in [0.717, 1.165) is 16.8 Å². The van der Waals surface area contributed by atoms with Crippen LogP contribution in [0.5, 0.6) is 11.5 Å². The predicted octanol–water partition coefficient (Wildman–Crippen LogP) is 2.36. The SMILES string of the molecule is COc1ccc(N2Cc3ccc(CO)cc3C2=O)cc1OC. The summed E-state index contributed by atoms with van der Waals surface area (Å²) in [6.45, 7) is 0.437. The lowest BCUT2D eigenvalue weighted by molar-refractivity contribution is 0.0996. The first-order valence-electron chi connectivity index (χ1n) is 6.94. The molecule has 1 amide bonds. The second-order valence-electron chi connectivity index (χ2n) is 5.08. The third kappa shape index (κ3) is 2.29. The van der Waals surface area contributed by atoms with Crippen molar-refractivity contribution >= 4 is 11.6 Å². The summed E-state index contributed by atoms with van der Waals surface area (Å²) < 4.78 is 10.5. The number of carbonyl (C=O) groups is 1. The van der Waals surface area contributed by atoms with E-state index in [2.05, 4.69) is 0 Å². The number of methoxy groups -OCH3 is 2. The minimum Gasteiger partial charge on any atom is -0.493 e. The average molecular weight is 299 g/mol. The Kier molecular flexibility index (Phi) is 3.73. The monoisotopic (exact) mass is 299 g/mol. The molecule has 0 saturated heterocycles. The van der Waals surface area contributed by atoms with E-state index in [9.17, 15) is 9.90 Å². The second kappa shape index (κ2) is 5.69. The first-order valence-corrected chi connectivity index (χ1v) is 6.94. The summed E-state index contributed by atoms with van der Waals surface area (Å²) in [5, 5.41) is 9.21. The zero-order valence-corrected chi connectivity index (χ0v) is 12.5. The Morgan fingerprint density at radius 1 is 1.09 bits per heavy atom. The maximum atomic E-state index is 12.6. The van der Waals surface area contributed by atoms with Crippen LogP contribution in [0.1, 0.15) is 21.5 Å². The molecule has 1 aliphatic rings. The molecule has 0 bridgehead atoms. The summed E-state index contributed by atoms with van der Waals surface area (Å²) in [6, 6.07) is 10.9. The Morgan fingerprint density at radius 2 is 1.86 bits per heavy atom. The summed E-state index contributed by atoms with van der Waals surface area (Å²) >= 11 is 0. The molecule has 5 nitrogen and oxygen atoms in total. The first kappa shape index (κ1) is 14.4. The molecule has 0 radical (unpaired) electrons. The number of fused-ring (bicyclic) bond motifs is 1. The van der Waals surface area contributed by atoms with Gasteiger partial charge in [-0.25, -0.2) is 0 Å². The van der Waals surface area contributed by atoms with Gasteiger partial charge in [-0.2, -0.15) is 0 Å². The van der Waals surface area contributed by atoms with Gasteiger partial charge in [0.05, 0.1) is 27.4 Å². The second-order valence-corrected chi connectivity index (χ2v) is 5.08. The molecule has 1 heterocycles. The molecule has 0 spiro atoms. The lowest BCUT2D eigenvalue weighted by Gasteiger charge is -2.17. The third-order valence-corrected chi connectivity index (χ3v) is 3.84. The Hall–Kier alpha value is -2.53. The summed E-state index contributed by atoms with van der Waals surface area (Å²) in [4.78, 5) is 14.3. The average Bonchev–Trinajstić information content (AvgIpc) is 2.90. The topological polar surface area (TPSA) is 59.0 Å². The van der Waals surface area contributed by atoms with Crippen LogP contribution in [0.15, 0.2) is 36.4 Å². The van der Waals surface area contributed by atoms with Gasteiger partial charge in [0.2, 0.25) is 0 Å². The van der Waals surface area contributed by atoms with Crippen LogP contribution in [0.2, 0.25) is 0 Å². The minimum atomic E-state index is -0.0725. The Labute approximate surface area is 128 Å². The van der Waals surface area contributed by atoms with E-state index in [4.69, 9.17) is 9.47 Å². The van der Waals surface area contributed by atoms with Crippen molar-refractivity contribution in [3.8, 4) is 11.5 Å². The van der Waals surface area contributed by atoms with Crippen molar-refractivity contribution in [2.24, 2.45) is 0 Å². The highest BCUT2D eigenvalue weighted by Crippen LogP contribution is 2.35. The highest BCUT2D eigenvalue weighted by molar-refractivity contribution is 6.10. The predicted molar refractivity (Wildman–Crippen MR) is 82.4 cm³/mol. The number of rotatable bonds is 4. The fraction of sp³-hybridized carbons (Fsp3) is 0.235. The number of aliphatic hydroxyl groups excluding tert-OH is 1. The van der Waals surface area contributed by atoms with Gasteiger partial charge in [0.15, 0.2) is 11.5 Å². The zero-order chi connectivity index (χ0) is 15.7. The van der Waals surface area contributed by atoms with Gasteiger partial charge in [0, 0.05) is 17.3 Å². The van der Waals surface area contributed by atoms with Gasteiger partial charge in [-0.1, -0.05) is 12.1 Å². The van der Waals surface area contributed by atoms with Crippen molar-refractivity contribution in [3.05, 3.63) is 53.1 Å². The summed E-state index contributed by atoms with van der Waals surface area (Å²) in [6.07, 6.45) is 0. The van der Waals surface area contributed by atoms with Crippen LogP contribution >= 0.6 is 0 Å². The number of hydrogen-bond acceptors (Lipinski definition) is 4. The van der Waals surface area contributed by atoms with E-state index in [1.54, 1.807) is 37.3 Å². The number of aliphatic hydroxyl groups is 1. The number of hydrogen-bond donors (Lipinski definition) is 1. The van der Waals surface area contributed by atoms with Gasteiger partial charge < -0.3 is 19.5 Å². The number of carbonyl (C=O) groups excluding carboxylic acids is 1. The molecule has 22 heavy (non-hydrogen) atoms. The van der Waals surface area contributed by atoms with Crippen molar-refractivity contribution < 1.29 is 19.4 Å². The fourth-order valence-corrected chi connectivity index (χ4v) is 2.65. The van der Waals surface area contributed by atoms with Gasteiger partial charge >= 0.3 is 0 Å². The Bertz CT molecular complexity index is 727. The summed E-state index contributed by atoms with van der Waals surface area (Å²) in [5.74, 6) is 1.13. The molecule has 3 rings (SSSR count). The quantitative estimate of drug-likeness (QED) is 0.941. The number of ether oxygens (including phenoxy) is 2.